The molecule has 202 valence electrons. The Morgan fingerprint density at radius 3 is 1.71 bits per heavy atom. The lowest BCUT2D eigenvalue weighted by atomic mass is 10.0. The highest BCUT2D eigenvalue weighted by atomic mass is 16.5. The van der Waals surface area contributed by atoms with Gasteiger partial charge in [0, 0.05) is 6.42 Å². The molecule has 0 unspecified atom stereocenters. The lowest BCUT2D eigenvalue weighted by molar-refractivity contribution is -0.921. The van der Waals surface area contributed by atoms with E-state index in [0.29, 0.717) is 17.5 Å². The highest BCUT2D eigenvalue weighted by molar-refractivity contribution is 5.75. The van der Waals surface area contributed by atoms with Gasteiger partial charge in [-0.05, 0) is 38.0 Å². The van der Waals surface area contributed by atoms with E-state index in [0.717, 1.165) is 31.5 Å². The van der Waals surface area contributed by atoms with Crippen molar-refractivity contribution in [2.24, 2.45) is 0 Å². The maximum Gasteiger partial charge on any atom is 0.365 e. The molecule has 5 heteroatoms. The molecule has 1 aromatic rings. The van der Waals surface area contributed by atoms with Crippen LogP contribution in [0.2, 0.25) is 0 Å². The Morgan fingerprint density at radius 1 is 0.771 bits per heavy atom. The molecule has 0 aliphatic heterocycles. The second-order valence-corrected chi connectivity index (χ2v) is 10.4. The maximum atomic E-state index is 13.0. The van der Waals surface area contributed by atoms with Gasteiger partial charge in [0.05, 0.1) is 26.7 Å². The average molecular weight is 493 g/mol. The molecule has 35 heavy (non-hydrogen) atoms. The number of ether oxygens (including phenoxy) is 1. The van der Waals surface area contributed by atoms with Gasteiger partial charge in [-0.25, -0.2) is 4.79 Å². The van der Waals surface area contributed by atoms with Crippen molar-refractivity contribution >= 4 is 5.97 Å². The van der Waals surface area contributed by atoms with E-state index in [9.17, 15) is 15.0 Å². The SMILES string of the molecule is CCCCCCCCCCCCCCCCOC(=O)[C@H](Cc1ccc(O)c(O)c1)[N+](C)(CC)CC. The van der Waals surface area contributed by atoms with E-state index in [4.69, 9.17) is 4.74 Å². The number of hydrogen-bond donors (Lipinski definition) is 2. The van der Waals surface area contributed by atoms with E-state index < -0.39 is 0 Å². The van der Waals surface area contributed by atoms with E-state index in [1.807, 2.05) is 0 Å². The van der Waals surface area contributed by atoms with Crippen molar-refractivity contribution in [2.75, 3.05) is 26.7 Å². The van der Waals surface area contributed by atoms with Gasteiger partial charge in [0.1, 0.15) is 0 Å². The van der Waals surface area contributed by atoms with Crippen molar-refractivity contribution in [1.82, 2.24) is 0 Å². The Kier molecular flexibility index (Phi) is 16.5. The predicted octanol–water partition coefficient (Wildman–Crippen LogP) is 7.52. The van der Waals surface area contributed by atoms with E-state index >= 15 is 0 Å². The van der Waals surface area contributed by atoms with E-state index in [1.54, 1.807) is 12.1 Å². The first-order chi connectivity index (χ1) is 16.9. The first-order valence-corrected chi connectivity index (χ1v) is 14.4. The number of nitrogens with zero attached hydrogens (tertiary/aromatic N) is 1. The van der Waals surface area contributed by atoms with Crippen molar-refractivity contribution in [1.29, 1.82) is 0 Å². The van der Waals surface area contributed by atoms with Crippen LogP contribution in [0.15, 0.2) is 18.2 Å². The largest absolute Gasteiger partial charge is 0.504 e. The quantitative estimate of drug-likeness (QED) is 0.0806. The standard InChI is InChI=1S/C30H53NO4/c1-5-8-9-10-11-12-13-14-15-16-17-18-19-20-23-35-30(34)27(31(4,6-2)7-3)24-26-21-22-28(32)29(33)25-26/h21-22,25,27H,5-20,23-24H2,1-4H3,(H-,32,33)/p+1/t27-/m0/s1. The van der Waals surface area contributed by atoms with Gasteiger partial charge >= 0.3 is 5.97 Å². The zero-order valence-electron chi connectivity index (χ0n) is 23.2. The number of phenols is 2. The third-order valence-electron chi connectivity index (χ3n) is 7.68. The fourth-order valence-corrected chi connectivity index (χ4v) is 4.71. The zero-order valence-corrected chi connectivity index (χ0v) is 23.2. The maximum absolute atomic E-state index is 13.0. The molecular formula is C30H54NO4+. The average Bonchev–Trinajstić information content (AvgIpc) is 2.86. The zero-order chi connectivity index (χ0) is 25.9. The predicted molar refractivity (Wildman–Crippen MR) is 146 cm³/mol. The molecule has 0 saturated heterocycles. The third kappa shape index (κ3) is 12.7. The Morgan fingerprint density at radius 2 is 1.26 bits per heavy atom. The number of quaternary nitrogens is 1. The Balaban J connectivity index is 2.26. The Labute approximate surface area is 215 Å². The van der Waals surface area contributed by atoms with Gasteiger partial charge in [-0.1, -0.05) is 96.5 Å². The number of aromatic hydroxyl groups is 2. The van der Waals surface area contributed by atoms with Crippen molar-refractivity contribution in [3.8, 4) is 11.5 Å². The molecule has 0 radical (unpaired) electrons. The molecule has 0 heterocycles. The molecule has 0 aliphatic carbocycles. The second-order valence-electron chi connectivity index (χ2n) is 10.4. The summed E-state index contributed by atoms with van der Waals surface area (Å²) < 4.78 is 6.30. The lowest BCUT2D eigenvalue weighted by Gasteiger charge is -2.38. The summed E-state index contributed by atoms with van der Waals surface area (Å²) in [5.74, 6) is -0.466. The Hall–Kier alpha value is -1.75. The summed E-state index contributed by atoms with van der Waals surface area (Å²) in [6.45, 7) is 8.56. The van der Waals surface area contributed by atoms with Crippen LogP contribution >= 0.6 is 0 Å². The van der Waals surface area contributed by atoms with Crippen LogP contribution in [0.4, 0.5) is 0 Å². The number of benzene rings is 1. The topological polar surface area (TPSA) is 66.8 Å². The number of carbonyl (C=O) groups excluding carboxylic acids is 1. The van der Waals surface area contributed by atoms with E-state index in [2.05, 4.69) is 27.8 Å². The molecule has 0 aliphatic rings. The number of likely N-dealkylation sites (N-methyl/N-ethyl adjacent to an activating group) is 1. The van der Waals surface area contributed by atoms with Crippen LogP contribution < -0.4 is 0 Å². The molecule has 0 saturated carbocycles. The number of hydrogen-bond acceptors (Lipinski definition) is 4. The first-order valence-electron chi connectivity index (χ1n) is 14.4. The fourth-order valence-electron chi connectivity index (χ4n) is 4.71. The van der Waals surface area contributed by atoms with Crippen molar-refractivity contribution in [3.05, 3.63) is 23.8 Å². The van der Waals surface area contributed by atoms with Crippen LogP contribution in [0.5, 0.6) is 11.5 Å². The van der Waals surface area contributed by atoms with E-state index in [1.165, 1.54) is 83.1 Å². The van der Waals surface area contributed by atoms with Gasteiger partial charge in [-0.3, -0.25) is 0 Å². The molecule has 1 rings (SSSR count). The summed E-state index contributed by atoms with van der Waals surface area (Å²) >= 11 is 0. The van der Waals surface area contributed by atoms with Crippen LogP contribution in [0, 0.1) is 0 Å². The monoisotopic (exact) mass is 492 g/mol. The molecule has 0 aromatic heterocycles. The summed E-state index contributed by atoms with van der Waals surface area (Å²) in [5.41, 5.74) is 0.824. The van der Waals surface area contributed by atoms with Gasteiger partial charge < -0.3 is 19.4 Å². The van der Waals surface area contributed by atoms with Crippen LogP contribution in [-0.4, -0.2) is 53.5 Å². The minimum absolute atomic E-state index is 0.145. The second kappa shape index (κ2) is 18.5. The highest BCUT2D eigenvalue weighted by Crippen LogP contribution is 2.27. The number of carbonyl (C=O) groups is 1. The first kappa shape index (κ1) is 31.3. The van der Waals surface area contributed by atoms with Gasteiger partial charge in [-0.15, -0.1) is 0 Å². The summed E-state index contributed by atoms with van der Waals surface area (Å²) in [4.78, 5) is 13.0. The molecule has 1 aromatic carbocycles. The van der Waals surface area contributed by atoms with Gasteiger partial charge in [-0.2, -0.15) is 0 Å². The summed E-state index contributed by atoms with van der Waals surface area (Å²) in [6, 6.07) is 4.45. The number of esters is 1. The smallest absolute Gasteiger partial charge is 0.365 e. The molecule has 1 atom stereocenters. The molecule has 5 nitrogen and oxygen atoms in total. The summed E-state index contributed by atoms with van der Waals surface area (Å²) in [7, 11) is 2.08. The molecule has 2 N–H and O–H groups in total. The van der Waals surface area contributed by atoms with Crippen molar-refractivity contribution < 1.29 is 24.2 Å². The van der Waals surface area contributed by atoms with Crippen LogP contribution in [0.1, 0.15) is 116 Å². The third-order valence-corrected chi connectivity index (χ3v) is 7.68. The number of phenolic OH excluding ortho intramolecular Hbond substituents is 2. The normalized spacial score (nSPS) is 12.6. The molecule has 0 bridgehead atoms. The summed E-state index contributed by atoms with van der Waals surface area (Å²) in [5, 5.41) is 19.4. The molecule has 0 amide bonds. The highest BCUT2D eigenvalue weighted by Gasteiger charge is 2.37. The number of unbranched alkanes of at least 4 members (excludes halogenated alkanes) is 13. The van der Waals surface area contributed by atoms with Crippen molar-refractivity contribution in [3.63, 3.8) is 0 Å². The Bertz CT molecular complexity index is 687. The van der Waals surface area contributed by atoms with Crippen molar-refractivity contribution in [2.45, 2.75) is 123 Å². The molecule has 0 fully saturated rings. The lowest BCUT2D eigenvalue weighted by Crippen LogP contribution is -2.57. The fraction of sp³-hybridized carbons (Fsp3) is 0.767. The number of rotatable bonds is 21. The molecular weight excluding hydrogens is 438 g/mol. The van der Waals surface area contributed by atoms with Crippen LogP contribution in [0.25, 0.3) is 0 Å². The van der Waals surface area contributed by atoms with Crippen LogP contribution in [0.3, 0.4) is 0 Å². The minimum Gasteiger partial charge on any atom is -0.504 e. The van der Waals surface area contributed by atoms with Gasteiger partial charge in [0.15, 0.2) is 17.5 Å². The van der Waals surface area contributed by atoms with Gasteiger partial charge in [0.2, 0.25) is 0 Å². The summed E-state index contributed by atoms with van der Waals surface area (Å²) in [6.07, 6.45) is 18.8. The van der Waals surface area contributed by atoms with Crippen LogP contribution in [-0.2, 0) is 16.0 Å². The van der Waals surface area contributed by atoms with E-state index in [-0.39, 0.29) is 23.5 Å². The van der Waals surface area contributed by atoms with Gasteiger partial charge in [0.25, 0.3) is 0 Å². The molecule has 0 spiro atoms. The minimum atomic E-state index is -0.333.